The van der Waals surface area contributed by atoms with Gasteiger partial charge < -0.3 is 154 Å². The Hall–Kier alpha value is -18.8. The van der Waals surface area contributed by atoms with Gasteiger partial charge in [0.25, 0.3) is 0 Å². The molecule has 1 saturated carbocycles. The average molecular weight is 2050 g/mol. The molecule has 1 aliphatic rings. The Balaban J connectivity index is 0.000000216. The Labute approximate surface area is 839 Å². The number of aryl methyl sites for hydroxylation is 7. The van der Waals surface area contributed by atoms with Gasteiger partial charge in [0.15, 0.2) is 97.7 Å². The number of hydrogen-bond acceptors (Lipinski definition) is 31. The number of thiophene rings is 1. The van der Waals surface area contributed by atoms with Gasteiger partial charge in [-0.1, -0.05) is 54.6 Å². The van der Waals surface area contributed by atoms with E-state index in [0.717, 1.165) is 45.9 Å². The Morgan fingerprint density at radius 3 is 1.09 bits per heavy atom. The minimum absolute atomic E-state index is 0.0471. The first-order valence-corrected chi connectivity index (χ1v) is 45.4. The van der Waals surface area contributed by atoms with E-state index in [-0.39, 0.29) is 129 Å². The first-order chi connectivity index (χ1) is 69.5. The molecule has 1 fully saturated rings. The SMILES string of the molecule is Cc1ccc(C(=O)O)cc1NC(=O)CCc1cc(O)c(O)c(O)c1.Cc1ccc(C(=O)O)cc1NC(=O)Cc1cc(O)c(O)c(O)c1.O=C(CCc1cc(O)c(O)c(O)c1)NCC1CCC(C(=O)O)CC1.O=C(CCc1cc(O)c(O)c(O)c1)Nc1cccc(C(=O)O)c1.O=C(O)Cc1ccc(-c2ccccc2NC(=O)CCc2ccc(O)c(O)c2O)s1.O=C(O)Cc1cccc(NC(=O)CCc2cc(O)c(O)c(O)c2)c1. The molecule has 0 atom stereocenters. The monoisotopic (exact) mass is 2050 g/mol. The van der Waals surface area contributed by atoms with Crippen molar-refractivity contribution in [2.45, 2.75) is 123 Å². The zero-order valence-electron chi connectivity index (χ0n) is 78.4. The predicted molar refractivity (Wildman–Crippen MR) is 532 cm³/mol. The number of hydrogen-bond donors (Lipinski definition) is 30. The zero-order chi connectivity index (χ0) is 108. The smallest absolute Gasteiger partial charge is 0.335 e. The van der Waals surface area contributed by atoms with Gasteiger partial charge in [-0.25, -0.2) is 14.4 Å². The first kappa shape index (κ1) is 113. The van der Waals surface area contributed by atoms with Gasteiger partial charge in [0, 0.05) is 82.4 Å². The van der Waals surface area contributed by atoms with Gasteiger partial charge in [0.05, 0.1) is 41.9 Å². The summed E-state index contributed by atoms with van der Waals surface area (Å²) in [6, 6.07) is 47.3. The number of phenolic OH excluding ortho intramolecular Hbond substituents is 18. The second-order valence-corrected chi connectivity index (χ2v) is 34.5. The van der Waals surface area contributed by atoms with Crippen LogP contribution in [0.4, 0.5) is 28.4 Å². The summed E-state index contributed by atoms with van der Waals surface area (Å²) in [6.07, 6.45) is 4.24. The Kier molecular flexibility index (Phi) is 41.4. The van der Waals surface area contributed by atoms with E-state index in [1.54, 1.807) is 74.5 Å². The van der Waals surface area contributed by atoms with E-state index in [2.05, 4.69) is 31.9 Å². The predicted octanol–water partition coefficient (Wildman–Crippen LogP) is 13.9. The number of amides is 6. The first-order valence-electron chi connectivity index (χ1n) is 44.6. The van der Waals surface area contributed by atoms with Gasteiger partial charge in [0.1, 0.15) is 0 Å². The van der Waals surface area contributed by atoms with Crippen molar-refractivity contribution >= 4 is 111 Å². The maximum absolute atomic E-state index is 12.4. The van der Waals surface area contributed by atoms with Crippen LogP contribution in [-0.2, 0) is 94.5 Å². The third kappa shape index (κ3) is 35.7. The number of carbonyl (C=O) groups excluding carboxylic acids is 6. The molecule has 6 amide bonds. The normalized spacial score (nSPS) is 12.0. The summed E-state index contributed by atoms with van der Waals surface area (Å²) in [5, 5.41) is 239. The summed E-state index contributed by atoms with van der Waals surface area (Å²) in [6.45, 7) is 4.01. The van der Waals surface area contributed by atoms with Crippen LogP contribution in [0, 0.1) is 25.7 Å². The average Bonchev–Trinajstić information content (AvgIpc) is 1.76. The van der Waals surface area contributed by atoms with Crippen LogP contribution in [0.25, 0.3) is 10.4 Å². The molecule has 0 unspecified atom stereocenters. The van der Waals surface area contributed by atoms with Crippen molar-refractivity contribution in [3.63, 3.8) is 0 Å². The minimum Gasteiger partial charge on any atom is -0.504 e. The number of carbonyl (C=O) groups is 12. The van der Waals surface area contributed by atoms with Gasteiger partial charge in [0.2, 0.25) is 41.2 Å². The van der Waals surface area contributed by atoms with Gasteiger partial charge >= 0.3 is 35.8 Å². The van der Waals surface area contributed by atoms with Crippen LogP contribution in [0.2, 0.25) is 0 Å². The quantitative estimate of drug-likeness (QED) is 0.0170. The molecule has 13 rings (SSSR count). The third-order valence-corrected chi connectivity index (χ3v) is 23.2. The molecule has 0 saturated heterocycles. The summed E-state index contributed by atoms with van der Waals surface area (Å²) in [5.41, 5.74) is 7.86. The number of benzene rings is 11. The van der Waals surface area contributed by atoms with Crippen molar-refractivity contribution in [1.29, 1.82) is 0 Å². The summed E-state index contributed by atoms with van der Waals surface area (Å²) in [7, 11) is 0. The summed E-state index contributed by atoms with van der Waals surface area (Å²) < 4.78 is 0. The van der Waals surface area contributed by atoms with Crippen LogP contribution in [0.15, 0.2) is 194 Å². The number of carboxylic acid groups (broad SMARTS) is 6. The van der Waals surface area contributed by atoms with Crippen molar-refractivity contribution in [3.8, 4) is 114 Å². The molecule has 1 aliphatic carbocycles. The molecule has 774 valence electrons. The van der Waals surface area contributed by atoms with E-state index in [9.17, 15) is 149 Å². The number of nitrogens with one attached hydrogen (secondary N) is 6. The van der Waals surface area contributed by atoms with Crippen molar-refractivity contribution in [2.24, 2.45) is 11.8 Å². The molecule has 12 aromatic rings. The van der Waals surface area contributed by atoms with Crippen LogP contribution < -0.4 is 31.9 Å². The number of para-hydroxylation sites is 1. The lowest BCUT2D eigenvalue weighted by Crippen LogP contribution is -2.32. The maximum Gasteiger partial charge on any atom is 0.335 e. The highest BCUT2D eigenvalue weighted by Crippen LogP contribution is 2.43. The van der Waals surface area contributed by atoms with E-state index >= 15 is 0 Å². The number of aliphatic carboxylic acids is 3. The van der Waals surface area contributed by atoms with Crippen molar-refractivity contribution < 1.29 is 180 Å². The summed E-state index contributed by atoms with van der Waals surface area (Å²) >= 11 is 1.35. The molecule has 30 N–H and O–H groups in total. The standard InChI is InChI=1S/C21H19NO6S.C17H17NO6.C17H23NO6.C17H17NO6.2C16H15NO6/c23-16-8-5-12(20(27)21(16)28)6-10-18(24)22-15-4-2-1-3-14(15)17-9-7-13(29-17)11-19(25)26;1-9-2-4-11(17(23)24)8-12(9)18-15(21)5-3-10-6-13(19)16(22)14(20)7-10;19-13-7-11(8-14(20)16(13)22)3-6-15(21)18-9-10-1-4-12(5-2-10)17(23)24;19-13-7-11(8-14(20)17(13)24)4-5-15(21)18-12-3-1-2-10(6-12)9-16(22)23;1-8-2-3-10(16(22)23)7-11(8)17-14(20)6-9-4-12(18)15(21)13(19)5-9;18-12-6-9(7-13(19)15(12)21)4-5-14(20)17-11-3-1-2-10(8-11)16(22)23/h1-5,7-9,23,27-28H,6,10-11H2,(H,22,24)(H,25,26);2,4,6-8,19-20,22H,3,5H2,1H3,(H,18,21)(H,23,24);7-8,10,12,19-20,22H,1-6,9H2,(H,18,21)(H,23,24);1-3,6-8,19-20,24H,4-5,9H2,(H,18,21)(H,22,23);2-5,7,18-19,21H,6H2,1H3,(H,17,20)(H,22,23);1-3,6-8,18-19,21H,4-5H2,(H,17,20)(H,22,23). The summed E-state index contributed by atoms with van der Waals surface area (Å²) in [5.74, 6) is -16.8. The molecule has 43 heteroatoms. The van der Waals surface area contributed by atoms with E-state index < -0.39 is 145 Å². The second-order valence-electron chi connectivity index (χ2n) is 33.3. The number of anilines is 5. The van der Waals surface area contributed by atoms with Crippen LogP contribution >= 0.6 is 11.3 Å². The Morgan fingerprint density at radius 2 is 0.667 bits per heavy atom. The van der Waals surface area contributed by atoms with Crippen molar-refractivity contribution in [1.82, 2.24) is 5.32 Å². The molecule has 42 nitrogen and oxygen atoms in total. The Bertz CT molecular complexity index is 6730. The summed E-state index contributed by atoms with van der Waals surface area (Å²) in [4.78, 5) is 139. The fourth-order valence-electron chi connectivity index (χ4n) is 14.3. The number of phenols is 18. The Morgan fingerprint density at radius 1 is 0.293 bits per heavy atom. The minimum atomic E-state index is -1.10. The molecule has 0 bridgehead atoms. The molecular formula is C104H106N6O36S. The molecular weight excluding hydrogens is 1940 g/mol. The lowest BCUT2D eigenvalue weighted by atomic mass is 9.82. The number of rotatable bonds is 33. The molecule has 0 radical (unpaired) electrons. The molecule has 11 aromatic carbocycles. The largest absolute Gasteiger partial charge is 0.504 e. The highest BCUT2D eigenvalue weighted by atomic mass is 32.1. The topological polar surface area (TPSA) is 763 Å². The van der Waals surface area contributed by atoms with Gasteiger partial charge in [-0.2, -0.15) is 0 Å². The zero-order valence-corrected chi connectivity index (χ0v) is 79.2. The van der Waals surface area contributed by atoms with Crippen molar-refractivity contribution in [3.05, 3.63) is 266 Å². The number of carboxylic acids is 6. The van der Waals surface area contributed by atoms with Crippen LogP contribution in [0.5, 0.6) is 103 Å². The molecule has 147 heavy (non-hydrogen) atoms. The molecule has 0 aliphatic heterocycles. The fraction of sp³-hybridized carbons (Fsp3) is 0.212. The van der Waals surface area contributed by atoms with E-state index in [4.69, 9.17) is 30.6 Å². The van der Waals surface area contributed by atoms with E-state index in [1.165, 1.54) is 114 Å². The highest BCUT2D eigenvalue weighted by molar-refractivity contribution is 7.15. The van der Waals surface area contributed by atoms with Gasteiger partial charge in [-0.3, -0.25) is 43.2 Å². The number of aromatic carboxylic acids is 3. The maximum atomic E-state index is 12.4. The highest BCUT2D eigenvalue weighted by Gasteiger charge is 2.28. The van der Waals surface area contributed by atoms with Crippen LogP contribution in [-0.4, -0.2) is 200 Å². The molecule has 1 aromatic heterocycles. The third-order valence-electron chi connectivity index (χ3n) is 22.1. The fourth-order valence-corrected chi connectivity index (χ4v) is 15.3. The van der Waals surface area contributed by atoms with E-state index in [0.29, 0.717) is 105 Å². The van der Waals surface area contributed by atoms with Gasteiger partial charge in [-0.05, 0) is 267 Å². The number of aromatic hydroxyl groups is 18. The second kappa shape index (κ2) is 53.7. The van der Waals surface area contributed by atoms with E-state index in [1.807, 2.05) is 18.2 Å². The van der Waals surface area contributed by atoms with Gasteiger partial charge in [-0.15, -0.1) is 11.3 Å². The van der Waals surface area contributed by atoms with Crippen LogP contribution in [0.3, 0.4) is 0 Å². The molecule has 1 heterocycles. The van der Waals surface area contributed by atoms with Crippen LogP contribution in [0.1, 0.15) is 144 Å². The lowest BCUT2D eigenvalue weighted by molar-refractivity contribution is -0.143. The molecule has 0 spiro atoms. The lowest BCUT2D eigenvalue weighted by Gasteiger charge is -2.26. The van der Waals surface area contributed by atoms with Crippen molar-refractivity contribution in [2.75, 3.05) is 33.1 Å².